The second kappa shape index (κ2) is 8.71. The van der Waals surface area contributed by atoms with Gasteiger partial charge in [0.1, 0.15) is 5.75 Å². The maximum absolute atomic E-state index is 12.2. The van der Waals surface area contributed by atoms with E-state index in [1.54, 1.807) is 13.2 Å². The van der Waals surface area contributed by atoms with Crippen molar-refractivity contribution in [3.8, 4) is 5.75 Å². The molecule has 0 aliphatic carbocycles. The number of rotatable bonds is 6. The molecule has 0 radical (unpaired) electrons. The van der Waals surface area contributed by atoms with E-state index in [2.05, 4.69) is 5.32 Å². The second-order valence-electron chi connectivity index (χ2n) is 6.18. The van der Waals surface area contributed by atoms with Crippen LogP contribution in [0.5, 0.6) is 5.75 Å². The molecule has 2 aromatic carbocycles. The van der Waals surface area contributed by atoms with Crippen LogP contribution >= 0.6 is 0 Å². The number of hydrogen-bond donors (Lipinski definition) is 2. The number of anilines is 1. The Labute approximate surface area is 164 Å². The molecule has 0 aliphatic rings. The van der Waals surface area contributed by atoms with Crippen molar-refractivity contribution in [1.82, 2.24) is 4.72 Å². The first-order chi connectivity index (χ1) is 13.1. The maximum Gasteiger partial charge on any atom is 0.264 e. The first-order valence-electron chi connectivity index (χ1n) is 8.40. The number of ether oxygens (including phenoxy) is 1. The van der Waals surface area contributed by atoms with E-state index in [0.717, 1.165) is 29.4 Å². The van der Waals surface area contributed by atoms with Gasteiger partial charge in [0, 0.05) is 18.7 Å². The Morgan fingerprint density at radius 2 is 1.61 bits per heavy atom. The highest BCUT2D eigenvalue weighted by Gasteiger charge is 2.15. The first-order valence-corrected chi connectivity index (χ1v) is 9.88. The van der Waals surface area contributed by atoms with E-state index in [1.807, 2.05) is 30.7 Å². The lowest BCUT2D eigenvalue weighted by Gasteiger charge is -2.09. The lowest BCUT2D eigenvalue weighted by atomic mass is 10.0. The van der Waals surface area contributed by atoms with Crippen LogP contribution < -0.4 is 14.8 Å². The Hall–Kier alpha value is -3.13. The van der Waals surface area contributed by atoms with Gasteiger partial charge in [-0.05, 0) is 73.0 Å². The molecule has 0 saturated heterocycles. The van der Waals surface area contributed by atoms with E-state index in [4.69, 9.17) is 4.74 Å². The minimum atomic E-state index is -3.90. The molecular formula is C20H22N2O5S. The molecule has 2 amide bonds. The molecule has 0 bridgehead atoms. The van der Waals surface area contributed by atoms with E-state index in [0.29, 0.717) is 5.69 Å². The van der Waals surface area contributed by atoms with Gasteiger partial charge in [0.05, 0.1) is 12.0 Å². The molecule has 0 saturated carbocycles. The van der Waals surface area contributed by atoms with Crippen molar-refractivity contribution in [3.63, 3.8) is 0 Å². The summed E-state index contributed by atoms with van der Waals surface area (Å²) in [6.07, 6.45) is 3.12. The van der Waals surface area contributed by atoms with Crippen LogP contribution in [0.2, 0.25) is 0 Å². The smallest absolute Gasteiger partial charge is 0.264 e. The Bertz CT molecular complexity index is 1000. The van der Waals surface area contributed by atoms with Crippen molar-refractivity contribution in [3.05, 3.63) is 59.2 Å². The number of carbonyl (C=O) groups excluding carboxylic acids is 2. The predicted molar refractivity (Wildman–Crippen MR) is 108 cm³/mol. The van der Waals surface area contributed by atoms with Crippen LogP contribution in [0.15, 0.2) is 47.4 Å². The van der Waals surface area contributed by atoms with Gasteiger partial charge in [-0.1, -0.05) is 0 Å². The van der Waals surface area contributed by atoms with E-state index in [1.165, 1.54) is 30.3 Å². The topological polar surface area (TPSA) is 102 Å². The monoisotopic (exact) mass is 402 g/mol. The van der Waals surface area contributed by atoms with Crippen LogP contribution in [0.3, 0.4) is 0 Å². The number of aryl methyl sites for hydroxylation is 2. The predicted octanol–water partition coefficient (Wildman–Crippen LogP) is 2.79. The quantitative estimate of drug-likeness (QED) is 0.724. The highest BCUT2D eigenvalue weighted by molar-refractivity contribution is 7.90. The number of sulfonamides is 1. The molecule has 2 N–H and O–H groups in total. The zero-order valence-electron chi connectivity index (χ0n) is 16.1. The summed E-state index contributed by atoms with van der Waals surface area (Å²) in [5.74, 6) is -0.273. The fourth-order valence-corrected chi connectivity index (χ4v) is 3.61. The highest BCUT2D eigenvalue weighted by Crippen LogP contribution is 2.23. The van der Waals surface area contributed by atoms with Gasteiger partial charge in [0.25, 0.3) is 10.0 Å². The molecule has 7 nitrogen and oxygen atoms in total. The fourth-order valence-electron chi connectivity index (χ4n) is 2.62. The summed E-state index contributed by atoms with van der Waals surface area (Å²) in [5, 5.41) is 2.66. The van der Waals surface area contributed by atoms with Crippen molar-refractivity contribution < 1.29 is 22.7 Å². The van der Waals surface area contributed by atoms with Gasteiger partial charge in [-0.25, -0.2) is 13.1 Å². The Balaban J connectivity index is 2.10. The molecular weight excluding hydrogens is 380 g/mol. The summed E-state index contributed by atoms with van der Waals surface area (Å²) in [6, 6.07) is 9.29. The van der Waals surface area contributed by atoms with E-state index >= 15 is 0 Å². The third kappa shape index (κ3) is 5.43. The average molecular weight is 402 g/mol. The zero-order valence-corrected chi connectivity index (χ0v) is 16.9. The Morgan fingerprint density at radius 3 is 2.11 bits per heavy atom. The van der Waals surface area contributed by atoms with Crippen molar-refractivity contribution in [1.29, 1.82) is 0 Å². The van der Waals surface area contributed by atoms with Crippen LogP contribution in [0.4, 0.5) is 5.69 Å². The van der Waals surface area contributed by atoms with Crippen molar-refractivity contribution in [2.75, 3.05) is 12.4 Å². The normalized spacial score (nSPS) is 11.3. The molecule has 8 heteroatoms. The third-order valence-electron chi connectivity index (χ3n) is 3.91. The van der Waals surface area contributed by atoms with E-state index in [9.17, 15) is 18.0 Å². The minimum Gasteiger partial charge on any atom is -0.497 e. The summed E-state index contributed by atoms with van der Waals surface area (Å²) in [5.41, 5.74) is 3.31. The molecule has 28 heavy (non-hydrogen) atoms. The molecule has 0 aliphatic heterocycles. The molecule has 0 atom stereocenters. The van der Waals surface area contributed by atoms with Gasteiger partial charge in [-0.2, -0.15) is 0 Å². The largest absolute Gasteiger partial charge is 0.497 e. The van der Waals surface area contributed by atoms with Gasteiger partial charge in [0.2, 0.25) is 11.8 Å². The lowest BCUT2D eigenvalue weighted by Crippen LogP contribution is -2.28. The van der Waals surface area contributed by atoms with Gasteiger partial charge in [-0.3, -0.25) is 9.59 Å². The van der Waals surface area contributed by atoms with Gasteiger partial charge >= 0.3 is 0 Å². The summed E-state index contributed by atoms with van der Waals surface area (Å²) < 4.78 is 30.9. The van der Waals surface area contributed by atoms with Crippen LogP contribution in [-0.4, -0.2) is 27.3 Å². The first kappa shape index (κ1) is 21.2. The molecule has 2 rings (SSSR count). The second-order valence-corrected chi connectivity index (χ2v) is 7.87. The van der Waals surface area contributed by atoms with Gasteiger partial charge in [0.15, 0.2) is 0 Å². The average Bonchev–Trinajstić information content (AvgIpc) is 2.60. The molecule has 0 aromatic heterocycles. The molecule has 2 aromatic rings. The fraction of sp³-hybridized carbons (Fsp3) is 0.200. The zero-order chi connectivity index (χ0) is 20.9. The number of amides is 2. The van der Waals surface area contributed by atoms with Crippen molar-refractivity contribution in [2.45, 2.75) is 25.7 Å². The lowest BCUT2D eigenvalue weighted by molar-refractivity contribution is -0.117. The van der Waals surface area contributed by atoms with Crippen molar-refractivity contribution in [2.24, 2.45) is 0 Å². The van der Waals surface area contributed by atoms with E-state index in [-0.39, 0.29) is 10.8 Å². The van der Waals surface area contributed by atoms with Gasteiger partial charge in [-0.15, -0.1) is 0 Å². The number of hydrogen-bond acceptors (Lipinski definition) is 5. The Morgan fingerprint density at radius 1 is 1.04 bits per heavy atom. The highest BCUT2D eigenvalue weighted by atomic mass is 32.2. The number of benzene rings is 2. The summed E-state index contributed by atoms with van der Waals surface area (Å²) in [4.78, 5) is 23.0. The van der Waals surface area contributed by atoms with Crippen LogP contribution in [0.1, 0.15) is 23.6 Å². The molecule has 0 fully saturated rings. The summed E-state index contributed by atoms with van der Waals surface area (Å²) in [6.45, 7) is 4.98. The number of nitrogens with one attached hydrogen (secondary N) is 2. The molecule has 0 heterocycles. The van der Waals surface area contributed by atoms with Gasteiger partial charge < -0.3 is 10.1 Å². The molecule has 148 valence electrons. The van der Waals surface area contributed by atoms with Crippen molar-refractivity contribution >= 4 is 33.6 Å². The van der Waals surface area contributed by atoms with Crippen LogP contribution in [0, 0.1) is 13.8 Å². The number of methoxy groups -OCH3 is 1. The third-order valence-corrected chi connectivity index (χ3v) is 5.36. The Kier molecular flexibility index (Phi) is 6.58. The standard InChI is InChI=1S/C20H22N2O5S/c1-13-11-17(27-4)12-14(2)19(13)9-10-20(24)21-16-5-7-18(8-6-16)28(25,26)22-15(3)23/h5-12H,1-4H3,(H,21,24)(H,22,23)/b10-9+. The summed E-state index contributed by atoms with van der Waals surface area (Å²) >= 11 is 0. The molecule has 0 spiro atoms. The molecule has 0 unspecified atom stereocenters. The maximum atomic E-state index is 12.2. The summed E-state index contributed by atoms with van der Waals surface area (Å²) in [7, 11) is -2.30. The minimum absolute atomic E-state index is 0.0688. The number of carbonyl (C=O) groups is 2. The van der Waals surface area contributed by atoms with Crippen LogP contribution in [0.25, 0.3) is 6.08 Å². The van der Waals surface area contributed by atoms with Crippen LogP contribution in [-0.2, 0) is 19.6 Å². The van der Waals surface area contributed by atoms with E-state index < -0.39 is 15.9 Å². The SMILES string of the molecule is COc1cc(C)c(/C=C/C(=O)Nc2ccc(S(=O)(=O)NC(C)=O)cc2)c(C)c1.